The topological polar surface area (TPSA) is 84.0 Å². The highest BCUT2D eigenvalue weighted by molar-refractivity contribution is 7.99. The molecule has 1 aromatic carbocycles. The molecule has 7 heteroatoms. The average molecular weight is 378 g/mol. The summed E-state index contributed by atoms with van der Waals surface area (Å²) in [6.45, 7) is 0. The summed E-state index contributed by atoms with van der Waals surface area (Å²) in [5.41, 5.74) is 2.79. The van der Waals surface area contributed by atoms with Gasteiger partial charge in [-0.1, -0.05) is 12.1 Å². The molecule has 0 radical (unpaired) electrons. The summed E-state index contributed by atoms with van der Waals surface area (Å²) in [7, 11) is 0. The van der Waals surface area contributed by atoms with Gasteiger partial charge in [-0.2, -0.15) is 0 Å². The summed E-state index contributed by atoms with van der Waals surface area (Å²) < 4.78 is 0. The van der Waals surface area contributed by atoms with Gasteiger partial charge in [0.1, 0.15) is 0 Å². The Hall–Kier alpha value is -3.19. The number of pyridine rings is 2. The fourth-order valence-electron chi connectivity index (χ4n) is 2.32. The lowest BCUT2D eigenvalue weighted by Gasteiger charge is -2.08. The van der Waals surface area contributed by atoms with E-state index >= 15 is 0 Å². The van der Waals surface area contributed by atoms with Gasteiger partial charge in [0, 0.05) is 47.5 Å². The first-order chi connectivity index (χ1) is 13.2. The molecule has 2 heterocycles. The monoisotopic (exact) mass is 378 g/mol. The van der Waals surface area contributed by atoms with Crippen LogP contribution in [0.15, 0.2) is 73.3 Å². The zero-order chi connectivity index (χ0) is 18.9. The second kappa shape index (κ2) is 9.49. The molecular weight excluding hydrogens is 360 g/mol. The van der Waals surface area contributed by atoms with Crippen LogP contribution in [0.4, 0.5) is 11.4 Å². The van der Waals surface area contributed by atoms with Crippen LogP contribution in [0.3, 0.4) is 0 Å². The molecule has 6 nitrogen and oxygen atoms in total. The fraction of sp³-hybridized carbons (Fsp3) is 0.100. The molecular formula is C20H18N4O2S. The van der Waals surface area contributed by atoms with Crippen molar-refractivity contribution in [1.29, 1.82) is 0 Å². The summed E-state index contributed by atoms with van der Waals surface area (Å²) in [5.74, 6) is 0.677. The van der Waals surface area contributed by atoms with Gasteiger partial charge < -0.3 is 10.6 Å². The van der Waals surface area contributed by atoms with E-state index in [1.54, 1.807) is 61.2 Å². The van der Waals surface area contributed by atoms with E-state index in [-0.39, 0.29) is 11.8 Å². The lowest BCUT2D eigenvalue weighted by atomic mass is 10.2. The van der Waals surface area contributed by atoms with Gasteiger partial charge in [0.2, 0.25) is 5.91 Å². The van der Waals surface area contributed by atoms with Crippen molar-refractivity contribution in [3.05, 3.63) is 84.4 Å². The number of carbonyl (C=O) groups is 2. The SMILES string of the molecule is O=C(CSCc1cccnc1)Nc1cccc(C(=O)Nc2ccncc2)c1. The van der Waals surface area contributed by atoms with Gasteiger partial charge in [-0.3, -0.25) is 19.6 Å². The van der Waals surface area contributed by atoms with Crippen LogP contribution in [-0.2, 0) is 10.5 Å². The molecule has 0 aliphatic heterocycles. The van der Waals surface area contributed by atoms with Crippen molar-refractivity contribution in [3.63, 3.8) is 0 Å². The minimum Gasteiger partial charge on any atom is -0.325 e. The number of carbonyl (C=O) groups excluding carboxylic acids is 2. The first-order valence-corrected chi connectivity index (χ1v) is 9.44. The van der Waals surface area contributed by atoms with Crippen molar-refractivity contribution in [3.8, 4) is 0 Å². The molecule has 0 saturated heterocycles. The highest BCUT2D eigenvalue weighted by atomic mass is 32.2. The smallest absolute Gasteiger partial charge is 0.255 e. The Morgan fingerprint density at radius 3 is 2.52 bits per heavy atom. The van der Waals surface area contributed by atoms with Crippen molar-refractivity contribution in [2.45, 2.75) is 5.75 Å². The molecule has 0 aliphatic carbocycles. The maximum atomic E-state index is 12.3. The van der Waals surface area contributed by atoms with Crippen LogP contribution in [-0.4, -0.2) is 27.5 Å². The van der Waals surface area contributed by atoms with E-state index in [4.69, 9.17) is 0 Å². The maximum Gasteiger partial charge on any atom is 0.255 e. The lowest BCUT2D eigenvalue weighted by Crippen LogP contribution is -2.16. The summed E-state index contributed by atoms with van der Waals surface area (Å²) in [4.78, 5) is 32.4. The largest absolute Gasteiger partial charge is 0.325 e. The number of hydrogen-bond acceptors (Lipinski definition) is 5. The molecule has 0 fully saturated rings. The van der Waals surface area contributed by atoms with E-state index in [0.717, 1.165) is 11.3 Å². The molecule has 2 aromatic heterocycles. The predicted molar refractivity (Wildman–Crippen MR) is 108 cm³/mol. The average Bonchev–Trinajstić information content (AvgIpc) is 2.70. The third-order valence-corrected chi connectivity index (χ3v) is 4.58. The summed E-state index contributed by atoms with van der Waals surface area (Å²) in [6.07, 6.45) is 6.72. The number of rotatable bonds is 7. The highest BCUT2D eigenvalue weighted by Crippen LogP contribution is 2.15. The molecule has 0 aliphatic rings. The molecule has 0 bridgehead atoms. The normalized spacial score (nSPS) is 10.2. The minimum atomic E-state index is -0.247. The molecule has 27 heavy (non-hydrogen) atoms. The second-order valence-electron chi connectivity index (χ2n) is 5.67. The number of anilines is 2. The van der Waals surface area contributed by atoms with E-state index in [0.29, 0.717) is 22.7 Å². The molecule has 2 amide bonds. The summed E-state index contributed by atoms with van der Waals surface area (Å²) in [6, 6.07) is 14.1. The number of hydrogen-bond donors (Lipinski definition) is 2. The Balaban J connectivity index is 1.52. The Labute approximate surface area is 161 Å². The van der Waals surface area contributed by atoms with Gasteiger partial charge in [-0.05, 0) is 42.0 Å². The number of amides is 2. The number of aromatic nitrogens is 2. The molecule has 136 valence electrons. The third-order valence-electron chi connectivity index (χ3n) is 3.57. The van der Waals surface area contributed by atoms with Crippen molar-refractivity contribution in [2.24, 2.45) is 0 Å². The first kappa shape index (κ1) is 18.6. The predicted octanol–water partition coefficient (Wildman–Crippen LogP) is 3.60. The molecule has 0 atom stereocenters. The first-order valence-electron chi connectivity index (χ1n) is 8.28. The summed E-state index contributed by atoms with van der Waals surface area (Å²) in [5, 5.41) is 5.61. The zero-order valence-electron chi connectivity index (χ0n) is 14.5. The molecule has 0 spiro atoms. The van der Waals surface area contributed by atoms with Gasteiger partial charge >= 0.3 is 0 Å². The number of benzene rings is 1. The number of thioether (sulfide) groups is 1. The van der Waals surface area contributed by atoms with Gasteiger partial charge in [0.25, 0.3) is 5.91 Å². The molecule has 3 aromatic rings. The van der Waals surface area contributed by atoms with Crippen LogP contribution in [0, 0.1) is 0 Å². The van der Waals surface area contributed by atoms with Crippen LogP contribution in [0.1, 0.15) is 15.9 Å². The van der Waals surface area contributed by atoms with E-state index < -0.39 is 0 Å². The Morgan fingerprint density at radius 1 is 0.889 bits per heavy atom. The minimum absolute atomic E-state index is 0.115. The highest BCUT2D eigenvalue weighted by Gasteiger charge is 2.09. The van der Waals surface area contributed by atoms with Crippen molar-refractivity contribution in [1.82, 2.24) is 9.97 Å². The van der Waals surface area contributed by atoms with Gasteiger partial charge in [0.05, 0.1) is 5.75 Å². The molecule has 0 saturated carbocycles. The Bertz CT molecular complexity index is 904. The number of nitrogens with zero attached hydrogens (tertiary/aromatic N) is 2. The zero-order valence-corrected chi connectivity index (χ0v) is 15.3. The van der Waals surface area contributed by atoms with Crippen LogP contribution < -0.4 is 10.6 Å². The van der Waals surface area contributed by atoms with E-state index in [9.17, 15) is 9.59 Å². The standard InChI is InChI=1S/C20H18N4O2S/c25-19(14-27-13-15-3-2-8-22-12-15)23-18-5-1-4-16(11-18)20(26)24-17-6-9-21-10-7-17/h1-12H,13-14H2,(H,23,25)(H,21,24,26). The van der Waals surface area contributed by atoms with Gasteiger partial charge in [-0.25, -0.2) is 0 Å². The van der Waals surface area contributed by atoms with Gasteiger partial charge in [-0.15, -0.1) is 11.8 Å². The Kier molecular flexibility index (Phi) is 6.54. The second-order valence-corrected chi connectivity index (χ2v) is 6.66. The molecule has 2 N–H and O–H groups in total. The molecule has 0 unspecified atom stereocenters. The van der Waals surface area contributed by atoms with Crippen molar-refractivity contribution >= 4 is 35.0 Å². The Morgan fingerprint density at radius 2 is 1.74 bits per heavy atom. The fourth-order valence-corrected chi connectivity index (χ4v) is 3.08. The van der Waals surface area contributed by atoms with Gasteiger partial charge in [0.15, 0.2) is 0 Å². The van der Waals surface area contributed by atoms with Crippen LogP contribution >= 0.6 is 11.8 Å². The van der Waals surface area contributed by atoms with E-state index in [1.807, 2.05) is 12.1 Å². The third kappa shape index (κ3) is 5.93. The van der Waals surface area contributed by atoms with Crippen molar-refractivity contribution in [2.75, 3.05) is 16.4 Å². The van der Waals surface area contributed by atoms with Crippen LogP contribution in [0.5, 0.6) is 0 Å². The maximum absolute atomic E-state index is 12.3. The van der Waals surface area contributed by atoms with Crippen LogP contribution in [0.25, 0.3) is 0 Å². The number of nitrogens with one attached hydrogen (secondary N) is 2. The molecule has 3 rings (SSSR count). The summed E-state index contributed by atoms with van der Waals surface area (Å²) >= 11 is 1.51. The van der Waals surface area contributed by atoms with Crippen molar-refractivity contribution < 1.29 is 9.59 Å². The quantitative estimate of drug-likeness (QED) is 0.656. The van der Waals surface area contributed by atoms with E-state index in [1.165, 1.54) is 11.8 Å². The van der Waals surface area contributed by atoms with E-state index in [2.05, 4.69) is 20.6 Å². The lowest BCUT2D eigenvalue weighted by molar-refractivity contribution is -0.113. The van der Waals surface area contributed by atoms with Crippen LogP contribution in [0.2, 0.25) is 0 Å².